The third-order valence-electron chi connectivity index (χ3n) is 7.19. The number of anilines is 3. The lowest BCUT2D eigenvalue weighted by Crippen LogP contribution is -2.41. The predicted octanol–water partition coefficient (Wildman–Crippen LogP) is 5.29. The number of carbonyl (C=O) groups excluding carboxylic acids is 1. The van der Waals surface area contributed by atoms with Crippen molar-refractivity contribution in [3.05, 3.63) is 89.2 Å². The molecule has 8 heteroatoms. The Balaban J connectivity index is 1.37. The average Bonchev–Trinajstić information content (AvgIpc) is 2.95. The van der Waals surface area contributed by atoms with E-state index in [0.717, 1.165) is 59.5 Å². The number of amides is 1. The Labute approximate surface area is 229 Å². The summed E-state index contributed by atoms with van der Waals surface area (Å²) in [7, 11) is 3.86. The van der Waals surface area contributed by atoms with Gasteiger partial charge in [0.1, 0.15) is 11.6 Å². The maximum absolute atomic E-state index is 14.5. The molecule has 5 rings (SSSR count). The molecule has 3 aromatic carbocycles. The van der Waals surface area contributed by atoms with Crippen LogP contribution in [0.1, 0.15) is 29.5 Å². The molecular weight excluding hydrogens is 491 g/mol. The van der Waals surface area contributed by atoms with Gasteiger partial charge in [-0.15, -0.1) is 0 Å². The summed E-state index contributed by atoms with van der Waals surface area (Å²) < 4.78 is 14.5. The highest BCUT2D eigenvalue weighted by atomic mass is 19.1. The van der Waals surface area contributed by atoms with Crippen molar-refractivity contribution in [1.82, 2.24) is 15.3 Å². The number of halogens is 1. The second-order valence-electron chi connectivity index (χ2n) is 10.3. The second-order valence-corrected chi connectivity index (χ2v) is 10.3. The highest BCUT2D eigenvalue weighted by Crippen LogP contribution is 2.27. The molecule has 1 fully saturated rings. The Morgan fingerprint density at radius 1 is 1.03 bits per heavy atom. The molecule has 39 heavy (non-hydrogen) atoms. The molecule has 0 atom stereocenters. The van der Waals surface area contributed by atoms with E-state index in [1.165, 1.54) is 6.07 Å². The summed E-state index contributed by atoms with van der Waals surface area (Å²) in [5.41, 5.74) is 4.36. The molecule has 0 radical (unpaired) electrons. The first-order chi connectivity index (χ1) is 18.9. The maximum atomic E-state index is 14.5. The van der Waals surface area contributed by atoms with Crippen molar-refractivity contribution in [2.45, 2.75) is 32.9 Å². The first-order valence-electron chi connectivity index (χ1n) is 13.4. The van der Waals surface area contributed by atoms with Crippen LogP contribution in [0.2, 0.25) is 0 Å². The predicted molar refractivity (Wildman–Crippen MR) is 156 cm³/mol. The normalized spacial score (nSPS) is 13.8. The van der Waals surface area contributed by atoms with Gasteiger partial charge in [0.2, 0.25) is 11.9 Å². The van der Waals surface area contributed by atoms with Crippen molar-refractivity contribution < 1.29 is 9.18 Å². The van der Waals surface area contributed by atoms with Crippen molar-refractivity contribution in [1.29, 1.82) is 0 Å². The van der Waals surface area contributed by atoms with Gasteiger partial charge in [0, 0.05) is 43.2 Å². The lowest BCUT2D eigenvalue weighted by atomic mass is 9.96. The summed E-state index contributed by atoms with van der Waals surface area (Å²) >= 11 is 0. The van der Waals surface area contributed by atoms with Gasteiger partial charge in [-0.05, 0) is 74.3 Å². The smallest absolute Gasteiger partial charge is 0.230 e. The van der Waals surface area contributed by atoms with Crippen LogP contribution < -0.4 is 20.4 Å². The van der Waals surface area contributed by atoms with Crippen molar-refractivity contribution in [3.63, 3.8) is 0 Å². The van der Waals surface area contributed by atoms with Gasteiger partial charge in [-0.25, -0.2) is 9.37 Å². The SMILES string of the molecule is Cc1ccc2c(NCc3ccc(N(Cc4ccccc4F)C(=O)C4CCNCC4)cc3)nc(N(C)C)nc2c1. The largest absolute Gasteiger partial charge is 0.365 e. The molecular formula is C31H35FN6O. The molecule has 0 spiro atoms. The Morgan fingerprint density at radius 3 is 2.49 bits per heavy atom. The minimum absolute atomic E-state index is 0.0459. The molecule has 202 valence electrons. The Bertz CT molecular complexity index is 1450. The molecule has 0 bridgehead atoms. The van der Waals surface area contributed by atoms with Crippen LogP contribution in [0, 0.1) is 18.7 Å². The monoisotopic (exact) mass is 526 g/mol. The van der Waals surface area contributed by atoms with E-state index in [1.807, 2.05) is 49.3 Å². The fourth-order valence-electron chi connectivity index (χ4n) is 4.92. The number of nitrogens with zero attached hydrogens (tertiary/aromatic N) is 4. The number of hydrogen-bond donors (Lipinski definition) is 2. The van der Waals surface area contributed by atoms with Gasteiger partial charge < -0.3 is 20.4 Å². The number of carbonyl (C=O) groups is 1. The number of benzene rings is 3. The van der Waals surface area contributed by atoms with Gasteiger partial charge in [-0.2, -0.15) is 4.98 Å². The summed E-state index contributed by atoms with van der Waals surface area (Å²) in [4.78, 5) is 26.6. The highest BCUT2D eigenvalue weighted by molar-refractivity contribution is 5.95. The summed E-state index contributed by atoms with van der Waals surface area (Å²) in [5, 5.41) is 7.75. The van der Waals surface area contributed by atoms with E-state index in [-0.39, 0.29) is 24.2 Å². The van der Waals surface area contributed by atoms with Crippen LogP contribution in [-0.4, -0.2) is 43.1 Å². The molecule has 2 heterocycles. The van der Waals surface area contributed by atoms with Crippen molar-refractivity contribution in [3.8, 4) is 0 Å². The van der Waals surface area contributed by atoms with Crippen LogP contribution in [0.3, 0.4) is 0 Å². The van der Waals surface area contributed by atoms with Crippen LogP contribution in [0.5, 0.6) is 0 Å². The van der Waals surface area contributed by atoms with Crippen LogP contribution in [0.4, 0.5) is 21.8 Å². The first kappa shape index (κ1) is 26.6. The highest BCUT2D eigenvalue weighted by Gasteiger charge is 2.27. The van der Waals surface area contributed by atoms with Gasteiger partial charge in [-0.1, -0.05) is 36.4 Å². The molecule has 1 aromatic heterocycles. The standard InChI is InChI=1S/C31H35FN6O/c1-21-8-13-26-28(18-21)35-31(37(2)3)36-29(26)34-19-22-9-11-25(12-10-22)38(20-24-6-4-5-7-27(24)32)30(39)23-14-16-33-17-15-23/h4-13,18,23,33H,14-17,19-20H2,1-3H3,(H,34,35,36). The molecule has 1 saturated heterocycles. The van der Waals surface area contributed by atoms with Crippen LogP contribution in [-0.2, 0) is 17.9 Å². The molecule has 1 aliphatic rings. The van der Waals surface area contributed by atoms with E-state index in [4.69, 9.17) is 4.98 Å². The van der Waals surface area contributed by atoms with Crippen LogP contribution >= 0.6 is 0 Å². The molecule has 2 N–H and O–H groups in total. The molecule has 0 unspecified atom stereocenters. The van der Waals surface area contributed by atoms with Crippen molar-refractivity contribution in [2.24, 2.45) is 5.92 Å². The lowest BCUT2D eigenvalue weighted by Gasteiger charge is -2.30. The topological polar surface area (TPSA) is 73.4 Å². The molecule has 0 aliphatic carbocycles. The molecule has 0 saturated carbocycles. The molecule has 4 aromatic rings. The zero-order chi connectivity index (χ0) is 27.4. The summed E-state index contributed by atoms with van der Waals surface area (Å²) in [6, 6.07) is 20.7. The van der Waals surface area contributed by atoms with Gasteiger partial charge in [0.15, 0.2) is 0 Å². The number of piperidine rings is 1. The number of fused-ring (bicyclic) bond motifs is 1. The van der Waals surface area contributed by atoms with E-state index < -0.39 is 0 Å². The zero-order valence-corrected chi connectivity index (χ0v) is 22.7. The second kappa shape index (κ2) is 11.8. The van der Waals surface area contributed by atoms with E-state index in [0.29, 0.717) is 18.1 Å². The zero-order valence-electron chi connectivity index (χ0n) is 22.7. The molecule has 1 amide bonds. The van der Waals surface area contributed by atoms with Crippen LogP contribution in [0.25, 0.3) is 10.9 Å². The third kappa shape index (κ3) is 6.17. The number of aromatic nitrogens is 2. The average molecular weight is 527 g/mol. The number of aryl methyl sites for hydroxylation is 1. The van der Waals surface area contributed by atoms with Gasteiger partial charge in [0.05, 0.1) is 12.1 Å². The maximum Gasteiger partial charge on any atom is 0.230 e. The van der Waals surface area contributed by atoms with Gasteiger partial charge in [-0.3, -0.25) is 4.79 Å². The van der Waals surface area contributed by atoms with E-state index >= 15 is 0 Å². The van der Waals surface area contributed by atoms with Crippen molar-refractivity contribution in [2.75, 3.05) is 42.3 Å². The third-order valence-corrected chi connectivity index (χ3v) is 7.19. The Hall–Kier alpha value is -4.04. The minimum Gasteiger partial charge on any atom is -0.365 e. The molecule has 1 aliphatic heterocycles. The van der Waals surface area contributed by atoms with E-state index in [2.05, 4.69) is 34.7 Å². The van der Waals surface area contributed by atoms with Gasteiger partial charge >= 0.3 is 0 Å². The summed E-state index contributed by atoms with van der Waals surface area (Å²) in [6.07, 6.45) is 1.58. The fourth-order valence-corrected chi connectivity index (χ4v) is 4.92. The summed E-state index contributed by atoms with van der Waals surface area (Å²) in [5.74, 6) is 1.09. The first-order valence-corrected chi connectivity index (χ1v) is 13.4. The minimum atomic E-state index is -0.300. The van der Waals surface area contributed by atoms with Crippen molar-refractivity contribution >= 4 is 34.3 Å². The number of nitrogens with one attached hydrogen (secondary N) is 2. The Morgan fingerprint density at radius 2 is 1.77 bits per heavy atom. The quantitative estimate of drug-likeness (QED) is 0.325. The summed E-state index contributed by atoms with van der Waals surface area (Å²) in [6.45, 7) is 4.45. The van der Waals surface area contributed by atoms with E-state index in [1.54, 1.807) is 23.1 Å². The fraction of sp³-hybridized carbons (Fsp3) is 0.323. The number of hydrogen-bond acceptors (Lipinski definition) is 6. The molecule has 7 nitrogen and oxygen atoms in total. The van der Waals surface area contributed by atoms with Gasteiger partial charge in [0.25, 0.3) is 0 Å². The van der Waals surface area contributed by atoms with Crippen LogP contribution in [0.15, 0.2) is 66.7 Å². The number of rotatable bonds is 8. The van der Waals surface area contributed by atoms with E-state index in [9.17, 15) is 9.18 Å². The lowest BCUT2D eigenvalue weighted by molar-refractivity contribution is -0.123. The Kier molecular flexibility index (Phi) is 8.02.